The van der Waals surface area contributed by atoms with E-state index < -0.39 is 65.5 Å². The Hall–Kier alpha value is -3.60. The van der Waals surface area contributed by atoms with Crippen molar-refractivity contribution in [1.29, 1.82) is 0 Å². The van der Waals surface area contributed by atoms with Gasteiger partial charge >= 0.3 is 11.7 Å². The Balaban J connectivity index is 1.76. The summed E-state index contributed by atoms with van der Waals surface area (Å²) >= 11 is 0. The molecular weight excluding hydrogens is 614 g/mol. The number of aliphatic hydroxyl groups is 3. The maximum atomic E-state index is 13.4. The first-order chi connectivity index (χ1) is 22.0. The molecule has 262 valence electrons. The summed E-state index contributed by atoms with van der Waals surface area (Å²) in [5.74, 6) is -0.285. The molecular formula is C32H49N5O10. The van der Waals surface area contributed by atoms with Gasteiger partial charge in [0, 0.05) is 18.8 Å². The molecule has 0 bridgehead atoms. The van der Waals surface area contributed by atoms with Crippen molar-refractivity contribution in [2.24, 2.45) is 11.7 Å². The Morgan fingerprint density at radius 2 is 1.72 bits per heavy atom. The third-order valence-electron chi connectivity index (χ3n) is 7.56. The van der Waals surface area contributed by atoms with Gasteiger partial charge in [-0.3, -0.25) is 23.5 Å². The Bertz CT molecular complexity index is 1450. The average Bonchev–Trinajstić information content (AvgIpc) is 3.29. The van der Waals surface area contributed by atoms with E-state index in [2.05, 4.69) is 10.6 Å². The maximum Gasteiger partial charge on any atom is 0.333 e. The first kappa shape index (κ1) is 37.9. The van der Waals surface area contributed by atoms with Gasteiger partial charge < -0.3 is 45.9 Å². The van der Waals surface area contributed by atoms with Crippen molar-refractivity contribution in [3.05, 3.63) is 62.9 Å². The van der Waals surface area contributed by atoms with Crippen LogP contribution in [0.1, 0.15) is 59.3 Å². The highest BCUT2D eigenvalue weighted by molar-refractivity contribution is 5.81. The van der Waals surface area contributed by atoms with Crippen LogP contribution >= 0.6 is 0 Å². The number of nitrogens with one attached hydrogen (secondary N) is 2. The summed E-state index contributed by atoms with van der Waals surface area (Å²) in [5.41, 5.74) is 4.21. The molecule has 1 fully saturated rings. The van der Waals surface area contributed by atoms with Gasteiger partial charge in [-0.2, -0.15) is 0 Å². The first-order valence-corrected chi connectivity index (χ1v) is 15.7. The lowest BCUT2D eigenvalue weighted by molar-refractivity contribution is -0.166. The standard InChI is InChI=1S/C32H49N5O10/c1-18(2)16-21(33)28(42)35-14-7-13-34-23(30(43)47-32(3,4)5)24(39)27-25(40)26(41)29(46-27)36-15-12-22(38)37(31(36)44)17-19-8-10-20(45-6)11-9-19/h8-12,15,18,21,23-27,29,34,39-41H,7,13-14,16-17,33H2,1-6H3,(H,35,42). The number of benzene rings is 1. The van der Waals surface area contributed by atoms with Crippen LogP contribution in [0.15, 0.2) is 46.1 Å². The van der Waals surface area contributed by atoms with Crippen LogP contribution in [0.5, 0.6) is 5.75 Å². The van der Waals surface area contributed by atoms with Crippen LogP contribution in [0.4, 0.5) is 0 Å². The van der Waals surface area contributed by atoms with E-state index in [1.54, 1.807) is 45.0 Å². The molecule has 0 aliphatic carbocycles. The van der Waals surface area contributed by atoms with E-state index in [1.807, 2.05) is 13.8 Å². The van der Waals surface area contributed by atoms with Crippen LogP contribution in [0.25, 0.3) is 0 Å². The molecule has 1 saturated heterocycles. The van der Waals surface area contributed by atoms with E-state index in [9.17, 15) is 34.5 Å². The molecule has 0 radical (unpaired) electrons. The summed E-state index contributed by atoms with van der Waals surface area (Å²) < 4.78 is 18.4. The Morgan fingerprint density at radius 1 is 1.06 bits per heavy atom. The van der Waals surface area contributed by atoms with Gasteiger partial charge in [0.15, 0.2) is 6.23 Å². The zero-order valence-corrected chi connectivity index (χ0v) is 27.8. The molecule has 0 saturated carbocycles. The van der Waals surface area contributed by atoms with E-state index in [0.29, 0.717) is 24.2 Å². The molecule has 7 atom stereocenters. The fourth-order valence-corrected chi connectivity index (χ4v) is 5.18. The van der Waals surface area contributed by atoms with Crippen LogP contribution in [0.3, 0.4) is 0 Å². The minimum atomic E-state index is -1.74. The number of aliphatic hydroxyl groups excluding tert-OH is 3. The Labute approximate surface area is 273 Å². The summed E-state index contributed by atoms with van der Waals surface area (Å²) in [5, 5.41) is 38.9. The molecule has 1 aliphatic rings. The summed E-state index contributed by atoms with van der Waals surface area (Å²) in [6.07, 6.45) is -6.18. The number of nitrogens with two attached hydrogens (primary N) is 1. The number of aromatic nitrogens is 2. The van der Waals surface area contributed by atoms with Crippen LogP contribution in [0.2, 0.25) is 0 Å². The highest BCUT2D eigenvalue weighted by Gasteiger charge is 2.50. The van der Waals surface area contributed by atoms with Crippen LogP contribution in [-0.2, 0) is 25.6 Å². The number of ether oxygens (including phenoxy) is 3. The zero-order valence-electron chi connectivity index (χ0n) is 27.8. The summed E-state index contributed by atoms with van der Waals surface area (Å²) in [7, 11) is 1.51. The van der Waals surface area contributed by atoms with Gasteiger partial charge in [0.1, 0.15) is 41.8 Å². The molecule has 7 N–H and O–H groups in total. The van der Waals surface area contributed by atoms with Crippen molar-refractivity contribution in [3.63, 3.8) is 0 Å². The van der Waals surface area contributed by atoms with Crippen LogP contribution in [-0.4, -0.2) is 98.6 Å². The topological polar surface area (TPSA) is 217 Å². The lowest BCUT2D eigenvalue weighted by Gasteiger charge is -2.31. The highest BCUT2D eigenvalue weighted by Crippen LogP contribution is 2.31. The second kappa shape index (κ2) is 16.5. The van der Waals surface area contributed by atoms with Gasteiger partial charge in [-0.15, -0.1) is 0 Å². The molecule has 1 aromatic carbocycles. The fourth-order valence-electron chi connectivity index (χ4n) is 5.18. The van der Waals surface area contributed by atoms with Crippen molar-refractivity contribution >= 4 is 11.9 Å². The van der Waals surface area contributed by atoms with Gasteiger partial charge in [-0.1, -0.05) is 26.0 Å². The number of hydrogen-bond donors (Lipinski definition) is 6. The van der Waals surface area contributed by atoms with Crippen molar-refractivity contribution in [2.45, 2.75) is 102 Å². The third-order valence-corrected chi connectivity index (χ3v) is 7.56. The molecule has 1 aromatic heterocycles. The van der Waals surface area contributed by atoms with E-state index in [-0.39, 0.29) is 31.5 Å². The summed E-state index contributed by atoms with van der Waals surface area (Å²) in [4.78, 5) is 51.5. The molecule has 47 heavy (non-hydrogen) atoms. The summed E-state index contributed by atoms with van der Waals surface area (Å²) in [6, 6.07) is 5.81. The second-order valence-corrected chi connectivity index (χ2v) is 13.1. The number of carbonyl (C=O) groups is 2. The molecule has 7 unspecified atom stereocenters. The number of hydrogen-bond acceptors (Lipinski definition) is 12. The third kappa shape index (κ3) is 10.2. The van der Waals surface area contributed by atoms with Gasteiger partial charge in [-0.25, -0.2) is 4.79 Å². The Morgan fingerprint density at radius 3 is 2.32 bits per heavy atom. The monoisotopic (exact) mass is 663 g/mol. The Kier molecular flexibility index (Phi) is 13.3. The quantitative estimate of drug-likeness (QED) is 0.102. The van der Waals surface area contributed by atoms with E-state index in [1.165, 1.54) is 7.11 Å². The average molecular weight is 664 g/mol. The molecule has 15 heteroatoms. The lowest BCUT2D eigenvalue weighted by atomic mass is 9.99. The largest absolute Gasteiger partial charge is 0.497 e. The number of nitrogens with zero attached hydrogens (tertiary/aromatic N) is 2. The van der Waals surface area contributed by atoms with E-state index in [4.69, 9.17) is 19.9 Å². The van der Waals surface area contributed by atoms with Gasteiger partial charge in [-0.05, 0) is 63.8 Å². The highest BCUT2D eigenvalue weighted by atomic mass is 16.6. The molecule has 2 aromatic rings. The minimum absolute atomic E-state index is 0.0886. The van der Waals surface area contributed by atoms with Crippen molar-refractivity contribution < 1.29 is 39.1 Å². The number of esters is 1. The molecule has 1 aliphatic heterocycles. The lowest BCUT2D eigenvalue weighted by Crippen LogP contribution is -2.56. The SMILES string of the molecule is COc1ccc(Cn2c(=O)ccn(C3OC(C(O)C(NCCCNC(=O)C(N)CC(C)C)C(=O)OC(C)(C)C)C(O)C3O)c2=O)cc1. The van der Waals surface area contributed by atoms with E-state index >= 15 is 0 Å². The minimum Gasteiger partial charge on any atom is -0.497 e. The summed E-state index contributed by atoms with van der Waals surface area (Å²) in [6.45, 7) is 9.18. The van der Waals surface area contributed by atoms with Crippen LogP contribution in [0, 0.1) is 5.92 Å². The van der Waals surface area contributed by atoms with Crippen LogP contribution < -0.4 is 32.4 Å². The first-order valence-electron chi connectivity index (χ1n) is 15.7. The van der Waals surface area contributed by atoms with Gasteiger partial charge in [0.2, 0.25) is 5.91 Å². The number of rotatable bonds is 15. The molecule has 3 rings (SSSR count). The predicted molar refractivity (Wildman–Crippen MR) is 172 cm³/mol. The fraction of sp³-hybridized carbons (Fsp3) is 0.625. The van der Waals surface area contributed by atoms with Crippen molar-refractivity contribution in [1.82, 2.24) is 19.8 Å². The molecule has 0 spiro atoms. The van der Waals surface area contributed by atoms with Crippen molar-refractivity contribution in [2.75, 3.05) is 20.2 Å². The number of methoxy groups -OCH3 is 1. The maximum absolute atomic E-state index is 13.4. The van der Waals surface area contributed by atoms with Gasteiger partial charge in [0.25, 0.3) is 5.56 Å². The predicted octanol–water partition coefficient (Wildman–Crippen LogP) is -0.773. The zero-order chi connectivity index (χ0) is 35.1. The number of carbonyl (C=O) groups excluding carboxylic acids is 2. The normalized spacial score (nSPS) is 21.7. The van der Waals surface area contributed by atoms with Gasteiger partial charge in [0.05, 0.1) is 19.7 Å². The molecule has 2 heterocycles. The van der Waals surface area contributed by atoms with E-state index in [0.717, 1.165) is 21.4 Å². The number of amides is 1. The second-order valence-electron chi connectivity index (χ2n) is 13.1. The molecule has 1 amide bonds. The molecule has 15 nitrogen and oxygen atoms in total. The smallest absolute Gasteiger partial charge is 0.333 e. The van der Waals surface area contributed by atoms with Crippen molar-refractivity contribution in [3.8, 4) is 5.75 Å².